The number of anilines is 1. The summed E-state index contributed by atoms with van der Waals surface area (Å²) in [5.74, 6) is -0.953. The van der Waals surface area contributed by atoms with Crippen LogP contribution in [0.3, 0.4) is 0 Å². The molecule has 1 fully saturated rings. The lowest BCUT2D eigenvalue weighted by molar-refractivity contribution is -0.127. The maximum atomic E-state index is 12.9. The molecule has 1 aromatic heterocycles. The van der Waals surface area contributed by atoms with Crippen LogP contribution in [0.2, 0.25) is 0 Å². The van der Waals surface area contributed by atoms with Crippen LogP contribution in [-0.2, 0) is 16.0 Å². The zero-order chi connectivity index (χ0) is 24.4. The monoisotopic (exact) mass is 568 g/mol. The maximum absolute atomic E-state index is 12.9. The molecule has 34 heavy (non-hydrogen) atoms. The van der Waals surface area contributed by atoms with Crippen molar-refractivity contribution in [3.8, 4) is 5.69 Å². The van der Waals surface area contributed by atoms with Crippen molar-refractivity contribution in [2.24, 2.45) is 0 Å². The van der Waals surface area contributed by atoms with E-state index < -0.39 is 17.8 Å². The van der Waals surface area contributed by atoms with Gasteiger partial charge in [0.15, 0.2) is 0 Å². The second-order valence-electron chi connectivity index (χ2n) is 8.08. The number of imide groups is 1. The van der Waals surface area contributed by atoms with Crippen LogP contribution in [0.5, 0.6) is 0 Å². The van der Waals surface area contributed by atoms with Gasteiger partial charge in [0.25, 0.3) is 5.91 Å². The Hall–Kier alpha value is -3.40. The summed E-state index contributed by atoms with van der Waals surface area (Å²) in [7, 11) is 0. The summed E-state index contributed by atoms with van der Waals surface area (Å²) in [6.45, 7) is 5.60. The molecule has 174 valence electrons. The molecule has 1 aliphatic heterocycles. The minimum Gasteiger partial charge on any atom is -0.324 e. The van der Waals surface area contributed by atoms with Crippen molar-refractivity contribution in [2.45, 2.75) is 27.2 Å². The average molecular weight is 568 g/mol. The number of carbonyl (C=O) groups excluding carboxylic acids is 3. The van der Waals surface area contributed by atoms with Gasteiger partial charge >= 0.3 is 6.03 Å². The Balaban J connectivity index is 1.53. The van der Waals surface area contributed by atoms with Crippen LogP contribution >= 0.6 is 22.6 Å². The standard InChI is InChI=1S/C26H25IN4O3/c1-4-18-7-5-6-8-22(18)28-24(32)15-30-25(33)23(29-26(30)34)14-19-13-16(2)31(17(19)3)21-11-9-20(27)10-12-21/h5-14H,4,15H2,1-3H3,(H,28,32)(H,29,34)/b23-14-. The number of carbonyl (C=O) groups is 3. The van der Waals surface area contributed by atoms with E-state index in [1.807, 2.05) is 69.3 Å². The highest BCUT2D eigenvalue weighted by Crippen LogP contribution is 2.24. The van der Waals surface area contributed by atoms with Crippen molar-refractivity contribution in [1.29, 1.82) is 0 Å². The van der Waals surface area contributed by atoms with Gasteiger partial charge in [-0.15, -0.1) is 0 Å². The molecule has 8 heteroatoms. The molecule has 3 aromatic rings. The van der Waals surface area contributed by atoms with E-state index in [4.69, 9.17) is 0 Å². The van der Waals surface area contributed by atoms with Crippen LogP contribution < -0.4 is 10.6 Å². The van der Waals surface area contributed by atoms with Crippen molar-refractivity contribution in [1.82, 2.24) is 14.8 Å². The number of aromatic nitrogens is 1. The largest absolute Gasteiger partial charge is 0.329 e. The predicted molar refractivity (Wildman–Crippen MR) is 141 cm³/mol. The van der Waals surface area contributed by atoms with E-state index in [0.717, 1.165) is 43.1 Å². The Morgan fingerprint density at radius 1 is 1.09 bits per heavy atom. The van der Waals surface area contributed by atoms with Crippen LogP contribution in [-0.4, -0.2) is 33.9 Å². The van der Waals surface area contributed by atoms with Gasteiger partial charge in [0.1, 0.15) is 12.2 Å². The summed E-state index contributed by atoms with van der Waals surface area (Å²) in [5, 5.41) is 5.41. The minimum absolute atomic E-state index is 0.148. The van der Waals surface area contributed by atoms with Crippen molar-refractivity contribution in [2.75, 3.05) is 11.9 Å². The van der Waals surface area contributed by atoms with Crippen LogP contribution in [0.15, 0.2) is 60.3 Å². The highest BCUT2D eigenvalue weighted by molar-refractivity contribution is 14.1. The normalized spacial score (nSPS) is 14.6. The zero-order valence-corrected chi connectivity index (χ0v) is 21.3. The lowest BCUT2D eigenvalue weighted by atomic mass is 10.1. The van der Waals surface area contributed by atoms with E-state index in [1.54, 1.807) is 12.1 Å². The van der Waals surface area contributed by atoms with Gasteiger partial charge in [-0.1, -0.05) is 25.1 Å². The molecule has 7 nitrogen and oxygen atoms in total. The molecule has 0 saturated carbocycles. The molecule has 1 saturated heterocycles. The lowest BCUT2D eigenvalue weighted by Gasteiger charge is -2.13. The number of rotatable bonds is 6. The Labute approximate surface area is 212 Å². The number of urea groups is 1. The first kappa shape index (κ1) is 23.7. The summed E-state index contributed by atoms with van der Waals surface area (Å²) >= 11 is 2.27. The van der Waals surface area contributed by atoms with Gasteiger partial charge < -0.3 is 15.2 Å². The van der Waals surface area contributed by atoms with Gasteiger partial charge in [-0.3, -0.25) is 9.59 Å². The van der Waals surface area contributed by atoms with Gasteiger partial charge in [0.2, 0.25) is 5.91 Å². The minimum atomic E-state index is -0.610. The molecule has 1 aliphatic rings. The van der Waals surface area contributed by atoms with Crippen LogP contribution in [0.1, 0.15) is 29.4 Å². The molecule has 0 bridgehead atoms. The maximum Gasteiger partial charge on any atom is 0.329 e. The Morgan fingerprint density at radius 2 is 1.79 bits per heavy atom. The molecule has 2 heterocycles. The van der Waals surface area contributed by atoms with Crippen molar-refractivity contribution in [3.05, 3.63) is 86.4 Å². The van der Waals surface area contributed by atoms with E-state index in [1.165, 1.54) is 0 Å². The Kier molecular flexibility index (Phi) is 6.87. The molecule has 2 N–H and O–H groups in total. The van der Waals surface area contributed by atoms with Crippen molar-refractivity contribution in [3.63, 3.8) is 0 Å². The second-order valence-corrected chi connectivity index (χ2v) is 9.32. The van der Waals surface area contributed by atoms with E-state index in [-0.39, 0.29) is 12.2 Å². The number of para-hydroxylation sites is 1. The molecular formula is C26H25IN4O3. The highest BCUT2D eigenvalue weighted by Gasteiger charge is 2.35. The number of hydrogen-bond acceptors (Lipinski definition) is 3. The number of nitrogens with one attached hydrogen (secondary N) is 2. The SMILES string of the molecule is CCc1ccccc1NC(=O)CN1C(=O)N/C(=C\c2cc(C)n(-c3ccc(I)cc3)c2C)C1=O. The van der Waals surface area contributed by atoms with Crippen LogP contribution in [0.25, 0.3) is 11.8 Å². The number of aryl methyl sites for hydroxylation is 2. The first-order valence-electron chi connectivity index (χ1n) is 11.0. The molecule has 0 radical (unpaired) electrons. The van der Waals surface area contributed by atoms with E-state index >= 15 is 0 Å². The van der Waals surface area contributed by atoms with Crippen LogP contribution in [0.4, 0.5) is 10.5 Å². The number of hydrogen-bond donors (Lipinski definition) is 2. The summed E-state index contributed by atoms with van der Waals surface area (Å²) in [6.07, 6.45) is 2.42. The molecule has 2 aromatic carbocycles. The lowest BCUT2D eigenvalue weighted by Crippen LogP contribution is -2.38. The van der Waals surface area contributed by atoms with Gasteiger partial charge in [-0.05, 0) is 96.5 Å². The number of benzene rings is 2. The fourth-order valence-electron chi connectivity index (χ4n) is 4.08. The van der Waals surface area contributed by atoms with E-state index in [2.05, 4.69) is 37.8 Å². The average Bonchev–Trinajstić information content (AvgIpc) is 3.24. The molecular weight excluding hydrogens is 543 g/mol. The van der Waals surface area contributed by atoms with Crippen LogP contribution in [0, 0.1) is 17.4 Å². The van der Waals surface area contributed by atoms with Gasteiger partial charge in [0, 0.05) is 26.3 Å². The first-order valence-corrected chi connectivity index (χ1v) is 12.0. The Bertz CT molecular complexity index is 1310. The number of halogens is 1. The number of amides is 4. The quantitative estimate of drug-likeness (QED) is 0.255. The van der Waals surface area contributed by atoms with Gasteiger partial charge in [-0.2, -0.15) is 0 Å². The molecule has 0 atom stereocenters. The Morgan fingerprint density at radius 3 is 2.50 bits per heavy atom. The van der Waals surface area contributed by atoms with E-state index in [0.29, 0.717) is 5.69 Å². The molecule has 0 aliphatic carbocycles. The van der Waals surface area contributed by atoms with Gasteiger partial charge in [-0.25, -0.2) is 9.69 Å². The van der Waals surface area contributed by atoms with Crippen molar-refractivity contribution < 1.29 is 14.4 Å². The third-order valence-corrected chi connectivity index (χ3v) is 6.51. The topological polar surface area (TPSA) is 83.4 Å². The molecule has 0 spiro atoms. The second kappa shape index (κ2) is 9.84. The molecule has 0 unspecified atom stereocenters. The fourth-order valence-corrected chi connectivity index (χ4v) is 4.44. The number of nitrogens with zero attached hydrogens (tertiary/aromatic N) is 2. The third-order valence-electron chi connectivity index (χ3n) is 5.79. The summed E-state index contributed by atoms with van der Waals surface area (Å²) < 4.78 is 3.24. The smallest absolute Gasteiger partial charge is 0.324 e. The molecule has 4 rings (SSSR count). The highest BCUT2D eigenvalue weighted by atomic mass is 127. The summed E-state index contributed by atoms with van der Waals surface area (Å²) in [5.41, 5.74) is 5.61. The fraction of sp³-hybridized carbons (Fsp3) is 0.192. The van der Waals surface area contributed by atoms with Gasteiger partial charge in [0.05, 0.1) is 0 Å². The van der Waals surface area contributed by atoms with Crippen molar-refractivity contribution >= 4 is 52.2 Å². The first-order chi connectivity index (χ1) is 16.3. The zero-order valence-electron chi connectivity index (χ0n) is 19.2. The summed E-state index contributed by atoms with van der Waals surface area (Å²) in [4.78, 5) is 38.9. The third kappa shape index (κ3) is 4.77. The van der Waals surface area contributed by atoms with E-state index in [9.17, 15) is 14.4 Å². The summed E-state index contributed by atoms with van der Waals surface area (Å²) in [6, 6.07) is 17.0. The molecule has 4 amide bonds. The predicted octanol–water partition coefficient (Wildman–Crippen LogP) is 4.79.